The van der Waals surface area contributed by atoms with Crippen LogP contribution in [0, 0.1) is 12.3 Å². The smallest absolute Gasteiger partial charge is 0.253 e. The average molecular weight is 514 g/mol. The summed E-state index contributed by atoms with van der Waals surface area (Å²) in [5, 5.41) is 12.2. The Balaban J connectivity index is 1.52. The number of rotatable bonds is 5. The highest BCUT2D eigenvalue weighted by Crippen LogP contribution is 2.52. The third-order valence-corrected chi connectivity index (χ3v) is 7.28. The van der Waals surface area contributed by atoms with Crippen LogP contribution in [0.2, 0.25) is 0 Å². The summed E-state index contributed by atoms with van der Waals surface area (Å²) in [6, 6.07) is 19.0. The Morgan fingerprint density at radius 1 is 0.973 bits per heavy atom. The molecular weight excluding hydrogens is 486 g/mol. The molecule has 1 aliphatic rings. The van der Waals surface area contributed by atoms with Crippen molar-refractivity contribution in [3.05, 3.63) is 82.4 Å². The van der Waals surface area contributed by atoms with E-state index in [1.807, 2.05) is 69.3 Å². The van der Waals surface area contributed by atoms with Gasteiger partial charge in [-0.3, -0.25) is 9.59 Å². The molecule has 1 atom stereocenters. The third-order valence-electron chi connectivity index (χ3n) is 6.52. The van der Waals surface area contributed by atoms with Crippen LogP contribution in [0.25, 0.3) is 11.3 Å². The largest absolute Gasteiger partial charge is 0.438 e. The van der Waals surface area contributed by atoms with E-state index in [2.05, 4.69) is 15.5 Å². The van der Waals surface area contributed by atoms with Gasteiger partial charge in [-0.1, -0.05) is 61.6 Å². The number of benzene rings is 2. The van der Waals surface area contributed by atoms with Gasteiger partial charge in [-0.2, -0.15) is 0 Å². The van der Waals surface area contributed by atoms with Gasteiger partial charge in [0.05, 0.1) is 11.1 Å². The summed E-state index contributed by atoms with van der Waals surface area (Å²) in [6.07, 6.45) is 0. The van der Waals surface area contributed by atoms with E-state index in [0.717, 1.165) is 21.7 Å². The van der Waals surface area contributed by atoms with Crippen molar-refractivity contribution in [3.63, 3.8) is 0 Å². The summed E-state index contributed by atoms with van der Waals surface area (Å²) in [5.41, 5.74) is 3.08. The topological polar surface area (TPSA) is 97.3 Å². The Kier molecular flexibility index (Phi) is 6.25. The lowest BCUT2D eigenvalue weighted by Crippen LogP contribution is -2.38. The van der Waals surface area contributed by atoms with E-state index in [1.54, 1.807) is 31.1 Å². The number of amides is 2. The number of carbonyl (C=O) groups is 2. The zero-order chi connectivity index (χ0) is 26.3. The van der Waals surface area contributed by atoms with Gasteiger partial charge < -0.3 is 15.0 Å². The first-order valence-corrected chi connectivity index (χ1v) is 12.7. The maximum atomic E-state index is 13.5. The maximum Gasteiger partial charge on any atom is 0.253 e. The molecule has 0 radical (unpaired) electrons. The third kappa shape index (κ3) is 4.58. The summed E-state index contributed by atoms with van der Waals surface area (Å²) in [6.45, 7) is 5.68. The Morgan fingerprint density at radius 3 is 2.38 bits per heavy atom. The summed E-state index contributed by atoms with van der Waals surface area (Å²) in [7, 11) is 3.45. The standard InChI is InChI=1S/C28H27N5O3S/c1-16-31-32-27(37-16)30-26(35)28(2,3)23-19-8-6-7-9-22(19)36-24-20(23)14-15-21(29-24)17-10-12-18(13-11-17)25(34)33(4)5/h6-15,23H,1-5H3,(H,30,32,35)/t23-/m0/s1. The molecule has 2 amide bonds. The first-order chi connectivity index (χ1) is 17.6. The Hall–Kier alpha value is -4.11. The molecule has 0 bridgehead atoms. The van der Waals surface area contributed by atoms with Crippen LogP contribution in [0.15, 0.2) is 60.7 Å². The predicted molar refractivity (Wildman–Crippen MR) is 143 cm³/mol. The average Bonchev–Trinajstić information content (AvgIpc) is 3.30. The number of hydrogen-bond acceptors (Lipinski definition) is 7. The van der Waals surface area contributed by atoms with Crippen molar-refractivity contribution in [3.8, 4) is 22.9 Å². The minimum atomic E-state index is -0.856. The van der Waals surface area contributed by atoms with Crippen molar-refractivity contribution < 1.29 is 14.3 Å². The quantitative estimate of drug-likeness (QED) is 0.378. The monoisotopic (exact) mass is 513 g/mol. The summed E-state index contributed by atoms with van der Waals surface area (Å²) in [5.74, 6) is 0.605. The van der Waals surface area contributed by atoms with E-state index < -0.39 is 5.41 Å². The van der Waals surface area contributed by atoms with Crippen LogP contribution >= 0.6 is 11.3 Å². The van der Waals surface area contributed by atoms with Crippen LogP contribution in [0.3, 0.4) is 0 Å². The zero-order valence-corrected chi connectivity index (χ0v) is 22.1. The Morgan fingerprint density at radius 2 is 1.70 bits per heavy atom. The number of aryl methyl sites for hydroxylation is 1. The number of aromatic nitrogens is 3. The normalized spacial score (nSPS) is 14.2. The Bertz CT molecular complexity index is 1490. The molecule has 8 nitrogen and oxygen atoms in total. The lowest BCUT2D eigenvalue weighted by atomic mass is 9.69. The molecule has 0 unspecified atom stereocenters. The summed E-state index contributed by atoms with van der Waals surface area (Å²) < 4.78 is 6.24. The molecule has 5 rings (SSSR count). The highest BCUT2D eigenvalue weighted by molar-refractivity contribution is 7.15. The first-order valence-electron chi connectivity index (χ1n) is 11.9. The summed E-state index contributed by atoms with van der Waals surface area (Å²) >= 11 is 1.34. The van der Waals surface area contributed by atoms with Crippen LogP contribution in [0.1, 0.15) is 46.3 Å². The highest BCUT2D eigenvalue weighted by atomic mass is 32.1. The van der Waals surface area contributed by atoms with Gasteiger partial charge in [-0.05, 0) is 31.2 Å². The number of pyridine rings is 1. The second-order valence-electron chi connectivity index (χ2n) is 9.74. The van der Waals surface area contributed by atoms with Gasteiger partial charge in [-0.15, -0.1) is 10.2 Å². The second-order valence-corrected chi connectivity index (χ2v) is 10.9. The lowest BCUT2D eigenvalue weighted by Gasteiger charge is -2.37. The number of anilines is 1. The number of nitrogens with zero attached hydrogens (tertiary/aromatic N) is 4. The fourth-order valence-electron chi connectivity index (χ4n) is 4.55. The molecule has 2 aromatic carbocycles. The summed E-state index contributed by atoms with van der Waals surface area (Å²) in [4.78, 5) is 32.2. The molecule has 9 heteroatoms. The van der Waals surface area contributed by atoms with Crippen LogP contribution in [-0.2, 0) is 4.79 Å². The van der Waals surface area contributed by atoms with Gasteiger partial charge in [0, 0.05) is 42.3 Å². The minimum absolute atomic E-state index is 0.0584. The van der Waals surface area contributed by atoms with Gasteiger partial charge in [0.1, 0.15) is 10.8 Å². The van der Waals surface area contributed by atoms with E-state index in [0.29, 0.717) is 28.0 Å². The molecule has 1 N–H and O–H groups in total. The fourth-order valence-corrected chi connectivity index (χ4v) is 5.14. The Labute approximate surface area is 219 Å². The van der Waals surface area contributed by atoms with Crippen molar-refractivity contribution in [2.24, 2.45) is 5.41 Å². The van der Waals surface area contributed by atoms with Gasteiger partial charge >= 0.3 is 0 Å². The maximum absolute atomic E-state index is 13.5. The van der Waals surface area contributed by atoms with Crippen LogP contribution in [0.5, 0.6) is 11.6 Å². The van der Waals surface area contributed by atoms with Gasteiger partial charge in [0.2, 0.25) is 16.9 Å². The number of hydrogen-bond donors (Lipinski definition) is 1. The number of fused-ring (bicyclic) bond motifs is 2. The van der Waals surface area contributed by atoms with E-state index >= 15 is 0 Å². The highest BCUT2D eigenvalue weighted by Gasteiger charge is 2.44. The van der Waals surface area contributed by atoms with Crippen LogP contribution in [0.4, 0.5) is 5.13 Å². The lowest BCUT2D eigenvalue weighted by molar-refractivity contribution is -0.124. The molecule has 0 fully saturated rings. The number of para-hydroxylation sites is 1. The van der Waals surface area contributed by atoms with E-state index in [1.165, 1.54) is 11.3 Å². The molecule has 0 saturated carbocycles. The molecule has 0 saturated heterocycles. The molecule has 1 aliphatic heterocycles. The molecule has 3 heterocycles. The number of ether oxygens (including phenoxy) is 1. The van der Waals surface area contributed by atoms with Gasteiger partial charge in [0.15, 0.2) is 0 Å². The van der Waals surface area contributed by atoms with Gasteiger partial charge in [0.25, 0.3) is 5.91 Å². The second kappa shape index (κ2) is 9.40. The van der Waals surface area contributed by atoms with Gasteiger partial charge in [-0.25, -0.2) is 4.98 Å². The van der Waals surface area contributed by atoms with Crippen molar-refractivity contribution in [2.75, 3.05) is 19.4 Å². The molecule has 0 aliphatic carbocycles. The van der Waals surface area contributed by atoms with E-state index in [-0.39, 0.29) is 17.7 Å². The SMILES string of the molecule is Cc1nnc(NC(=O)C(C)(C)[C@H]2c3ccccc3Oc3nc(-c4ccc(C(=O)N(C)C)cc4)ccc32)s1. The van der Waals surface area contributed by atoms with Crippen molar-refractivity contribution >= 4 is 28.3 Å². The van der Waals surface area contributed by atoms with E-state index in [9.17, 15) is 9.59 Å². The molecule has 188 valence electrons. The van der Waals surface area contributed by atoms with Crippen molar-refractivity contribution in [2.45, 2.75) is 26.7 Å². The molecule has 37 heavy (non-hydrogen) atoms. The zero-order valence-electron chi connectivity index (χ0n) is 21.3. The minimum Gasteiger partial charge on any atom is -0.438 e. The van der Waals surface area contributed by atoms with Crippen molar-refractivity contribution in [1.82, 2.24) is 20.1 Å². The molecule has 0 spiro atoms. The van der Waals surface area contributed by atoms with E-state index in [4.69, 9.17) is 9.72 Å². The molecule has 4 aromatic rings. The number of nitrogens with one attached hydrogen (secondary N) is 1. The first kappa shape index (κ1) is 24.6. The number of carbonyl (C=O) groups excluding carboxylic acids is 2. The predicted octanol–water partition coefficient (Wildman–Crippen LogP) is 5.51. The van der Waals surface area contributed by atoms with Crippen LogP contribution in [-0.4, -0.2) is 46.0 Å². The molecular formula is C28H27N5O3S. The molecule has 2 aromatic heterocycles. The van der Waals surface area contributed by atoms with Crippen LogP contribution < -0.4 is 10.1 Å². The van der Waals surface area contributed by atoms with Crippen molar-refractivity contribution in [1.29, 1.82) is 0 Å². The fraction of sp³-hybridized carbons (Fsp3) is 0.250.